The molecule has 0 aliphatic rings. The van der Waals surface area contributed by atoms with E-state index in [1.165, 1.54) is 58.5 Å². The number of aromatic nitrogens is 3. The number of para-hydroxylation sites is 2. The average molecular weight is 623 g/mol. The van der Waals surface area contributed by atoms with E-state index in [0.717, 1.165) is 23.6 Å². The highest BCUT2D eigenvalue weighted by molar-refractivity contribution is 7.21. The van der Waals surface area contributed by atoms with Crippen LogP contribution in [-0.4, -0.2) is 16.6 Å². The lowest BCUT2D eigenvalue weighted by Gasteiger charge is -2.13. The normalized spacial score (nSPS) is 11.4. The first-order valence-electron chi connectivity index (χ1n) is 13.1. The van der Waals surface area contributed by atoms with Crippen LogP contribution in [0, 0.1) is 0 Å². The SMILES string of the molecule is CCCCCC[n+]1c(/C=C/N(C)c2ccccc2)n(CC)c2cc(-c3nc4ccccc4s3)ccc21.[I-]. The van der Waals surface area contributed by atoms with Crippen LogP contribution in [0.1, 0.15) is 45.4 Å². The Labute approximate surface area is 241 Å². The predicted molar refractivity (Wildman–Crippen MR) is 154 cm³/mol. The number of hydrogen-bond acceptors (Lipinski definition) is 3. The molecule has 0 N–H and O–H groups in total. The number of rotatable bonds is 10. The van der Waals surface area contributed by atoms with E-state index < -0.39 is 0 Å². The number of imidazole rings is 1. The number of nitrogens with zero attached hydrogens (tertiary/aromatic N) is 4. The van der Waals surface area contributed by atoms with Crippen LogP contribution in [0.2, 0.25) is 0 Å². The molecule has 2 heterocycles. The molecule has 5 rings (SSSR count). The summed E-state index contributed by atoms with van der Waals surface area (Å²) in [5, 5.41) is 1.08. The Morgan fingerprint density at radius 2 is 1.73 bits per heavy atom. The van der Waals surface area contributed by atoms with Crippen LogP contribution in [0.4, 0.5) is 5.69 Å². The highest BCUT2D eigenvalue weighted by atomic mass is 127. The lowest BCUT2D eigenvalue weighted by atomic mass is 10.2. The maximum absolute atomic E-state index is 4.92. The second kappa shape index (κ2) is 12.7. The van der Waals surface area contributed by atoms with E-state index in [4.69, 9.17) is 4.98 Å². The molecule has 0 unspecified atom stereocenters. The summed E-state index contributed by atoms with van der Waals surface area (Å²) in [6.07, 6.45) is 9.45. The van der Waals surface area contributed by atoms with E-state index in [1.807, 2.05) is 0 Å². The summed E-state index contributed by atoms with van der Waals surface area (Å²) >= 11 is 1.77. The van der Waals surface area contributed by atoms with E-state index >= 15 is 0 Å². The van der Waals surface area contributed by atoms with Crippen LogP contribution >= 0.6 is 11.3 Å². The Balaban J connectivity index is 0.00000320. The van der Waals surface area contributed by atoms with Gasteiger partial charge < -0.3 is 28.9 Å². The van der Waals surface area contributed by atoms with Gasteiger partial charge in [0.25, 0.3) is 5.82 Å². The van der Waals surface area contributed by atoms with E-state index in [2.05, 4.69) is 120 Å². The Kier molecular flexibility index (Phi) is 9.38. The van der Waals surface area contributed by atoms with Gasteiger partial charge in [0, 0.05) is 30.6 Å². The van der Waals surface area contributed by atoms with Gasteiger partial charge in [0.05, 0.1) is 23.3 Å². The lowest BCUT2D eigenvalue weighted by molar-refractivity contribution is -0.674. The van der Waals surface area contributed by atoms with E-state index in [1.54, 1.807) is 11.3 Å². The van der Waals surface area contributed by atoms with E-state index in [9.17, 15) is 0 Å². The fraction of sp³-hybridized carbons (Fsp3) is 0.290. The molecule has 4 nitrogen and oxygen atoms in total. The third-order valence-electron chi connectivity index (χ3n) is 6.81. The molecule has 6 heteroatoms. The van der Waals surface area contributed by atoms with Gasteiger partial charge in [-0.25, -0.2) is 14.1 Å². The minimum atomic E-state index is 0. The zero-order valence-electron chi connectivity index (χ0n) is 21.9. The number of halogens is 1. The van der Waals surface area contributed by atoms with Crippen molar-refractivity contribution in [1.82, 2.24) is 9.55 Å². The first kappa shape index (κ1) is 27.3. The van der Waals surface area contributed by atoms with E-state index in [0.29, 0.717) is 0 Å². The number of fused-ring (bicyclic) bond motifs is 2. The van der Waals surface area contributed by atoms with Gasteiger partial charge in [-0.05, 0) is 62.2 Å². The summed E-state index contributed by atoms with van der Waals surface area (Å²) in [5.41, 5.74) is 6.00. The summed E-state index contributed by atoms with van der Waals surface area (Å²) in [5.74, 6) is 1.24. The van der Waals surface area contributed by atoms with Crippen molar-refractivity contribution < 1.29 is 28.5 Å². The molecule has 0 saturated heterocycles. The minimum Gasteiger partial charge on any atom is -1.00 e. The monoisotopic (exact) mass is 622 g/mol. The van der Waals surface area contributed by atoms with Crippen LogP contribution < -0.4 is 33.4 Å². The highest BCUT2D eigenvalue weighted by Crippen LogP contribution is 2.32. The first-order valence-corrected chi connectivity index (χ1v) is 13.9. The predicted octanol–water partition coefficient (Wildman–Crippen LogP) is 4.92. The van der Waals surface area contributed by atoms with Crippen molar-refractivity contribution >= 4 is 44.4 Å². The number of benzene rings is 3. The Morgan fingerprint density at radius 3 is 2.49 bits per heavy atom. The smallest absolute Gasteiger partial charge is 0.283 e. The molecule has 0 spiro atoms. The molecule has 37 heavy (non-hydrogen) atoms. The van der Waals surface area contributed by atoms with Crippen molar-refractivity contribution in [2.24, 2.45) is 0 Å². The van der Waals surface area contributed by atoms with Gasteiger partial charge in [-0.3, -0.25) is 0 Å². The molecule has 0 bridgehead atoms. The fourth-order valence-corrected chi connectivity index (χ4v) is 5.82. The quantitative estimate of drug-likeness (QED) is 0.126. The topological polar surface area (TPSA) is 24.9 Å². The lowest BCUT2D eigenvalue weighted by Crippen LogP contribution is -3.00. The van der Waals surface area contributed by atoms with Crippen LogP contribution in [0.15, 0.2) is 79.0 Å². The van der Waals surface area contributed by atoms with Crippen LogP contribution in [0.5, 0.6) is 0 Å². The van der Waals surface area contributed by atoms with Crippen molar-refractivity contribution in [3.05, 3.63) is 84.8 Å². The Hall–Kier alpha value is -2.71. The van der Waals surface area contributed by atoms with Gasteiger partial charge in [-0.15, -0.1) is 11.3 Å². The molecule has 0 fully saturated rings. The molecule has 0 radical (unpaired) electrons. The van der Waals surface area contributed by atoms with Crippen molar-refractivity contribution in [2.75, 3.05) is 11.9 Å². The molecule has 192 valence electrons. The maximum atomic E-state index is 4.92. The third kappa shape index (κ3) is 5.91. The number of anilines is 1. The molecule has 0 atom stereocenters. The van der Waals surface area contributed by atoms with Crippen molar-refractivity contribution in [3.63, 3.8) is 0 Å². The number of thiazole rings is 1. The molecule has 0 amide bonds. The van der Waals surface area contributed by atoms with Crippen LogP contribution in [0.25, 0.3) is 37.9 Å². The molecular weight excluding hydrogens is 587 g/mol. The number of hydrogen-bond donors (Lipinski definition) is 0. The van der Waals surface area contributed by atoms with Crippen molar-refractivity contribution in [2.45, 2.75) is 52.6 Å². The van der Waals surface area contributed by atoms with Gasteiger partial charge in [0.2, 0.25) is 0 Å². The van der Waals surface area contributed by atoms with Gasteiger partial charge in [0.15, 0.2) is 11.0 Å². The molecule has 3 aromatic carbocycles. The molecule has 0 saturated carbocycles. The third-order valence-corrected chi connectivity index (χ3v) is 7.90. The van der Waals surface area contributed by atoms with Crippen molar-refractivity contribution in [3.8, 4) is 10.6 Å². The molecule has 2 aromatic heterocycles. The second-order valence-electron chi connectivity index (χ2n) is 9.27. The largest absolute Gasteiger partial charge is 1.00 e. The Morgan fingerprint density at radius 1 is 0.946 bits per heavy atom. The van der Waals surface area contributed by atoms with Gasteiger partial charge in [-0.1, -0.05) is 50.1 Å². The zero-order chi connectivity index (χ0) is 24.9. The number of unbranched alkanes of at least 4 members (excludes halogenated alkanes) is 3. The highest BCUT2D eigenvalue weighted by Gasteiger charge is 2.23. The van der Waals surface area contributed by atoms with Crippen molar-refractivity contribution in [1.29, 1.82) is 0 Å². The number of aryl methyl sites for hydroxylation is 2. The van der Waals surface area contributed by atoms with Crippen LogP contribution in [-0.2, 0) is 13.1 Å². The molecule has 5 aromatic rings. The second-order valence-corrected chi connectivity index (χ2v) is 10.3. The molecular formula is C31H35IN4S. The molecule has 0 aliphatic carbocycles. The first-order chi connectivity index (χ1) is 17.7. The summed E-state index contributed by atoms with van der Waals surface area (Å²) in [6, 6.07) is 25.8. The summed E-state index contributed by atoms with van der Waals surface area (Å²) in [7, 11) is 2.11. The minimum absolute atomic E-state index is 0. The molecule has 0 aliphatic heterocycles. The van der Waals surface area contributed by atoms with Gasteiger partial charge in [-0.2, -0.15) is 0 Å². The van der Waals surface area contributed by atoms with Gasteiger partial charge >= 0.3 is 0 Å². The fourth-order valence-electron chi connectivity index (χ4n) is 4.86. The standard InChI is InChI=1S/C31H35N4S.HI/c1-4-6-7-13-21-35-27-19-18-24(31-32-26-16-11-12-17-29(26)36-31)23-28(27)34(5-2)30(35)20-22-33(3)25-14-9-8-10-15-25;/h8-12,14-20,22-23H,4-7,13,21H2,1-3H3;1H/q+1;/p-1. The van der Waals surface area contributed by atoms with E-state index in [-0.39, 0.29) is 24.0 Å². The zero-order valence-corrected chi connectivity index (χ0v) is 24.9. The Bertz CT molecular complexity index is 1450. The summed E-state index contributed by atoms with van der Waals surface area (Å²) in [6.45, 7) is 6.45. The maximum Gasteiger partial charge on any atom is 0.283 e. The summed E-state index contributed by atoms with van der Waals surface area (Å²) in [4.78, 5) is 7.11. The van der Waals surface area contributed by atoms with Crippen LogP contribution in [0.3, 0.4) is 0 Å². The average Bonchev–Trinajstić information content (AvgIpc) is 3.48. The van der Waals surface area contributed by atoms with Gasteiger partial charge in [0.1, 0.15) is 5.01 Å². The summed E-state index contributed by atoms with van der Waals surface area (Å²) < 4.78 is 6.19.